The van der Waals surface area contributed by atoms with Crippen LogP contribution in [0, 0.1) is 0 Å². The van der Waals surface area contributed by atoms with Crippen molar-refractivity contribution < 1.29 is 0 Å². The minimum Gasteiger partial charge on any atom is -0.227 e. The van der Waals surface area contributed by atoms with Crippen LogP contribution in [-0.4, -0.2) is 25.0 Å². The van der Waals surface area contributed by atoms with Crippen molar-refractivity contribution >= 4 is 50.5 Å². The summed E-state index contributed by atoms with van der Waals surface area (Å²) in [4.78, 5) is 8.70. The smallest absolute Gasteiger partial charge is 0.187 e. The Morgan fingerprint density at radius 3 is 2.72 bits per heavy atom. The first kappa shape index (κ1) is 16.5. The average Bonchev–Trinajstić information content (AvgIpc) is 3.06. The van der Waals surface area contributed by atoms with Crippen molar-refractivity contribution in [1.29, 1.82) is 0 Å². The topological polar surface area (TPSA) is 56.5 Å². The van der Waals surface area contributed by atoms with Crippen LogP contribution in [0.25, 0.3) is 16.9 Å². The number of fused-ring (bicyclic) bond motifs is 1. The summed E-state index contributed by atoms with van der Waals surface area (Å²) in [5.74, 6) is 0.795. The summed E-state index contributed by atoms with van der Waals surface area (Å²) in [5.41, 5.74) is 3.37. The molecule has 4 rings (SSSR count). The highest BCUT2D eigenvalue weighted by molar-refractivity contribution is 9.10. The average molecular weight is 433 g/mol. The van der Waals surface area contributed by atoms with E-state index in [2.05, 4.69) is 48.3 Å². The van der Waals surface area contributed by atoms with Crippen LogP contribution < -0.4 is 0 Å². The van der Waals surface area contributed by atoms with Gasteiger partial charge in [0.1, 0.15) is 11.4 Å². The van der Waals surface area contributed by atoms with Crippen molar-refractivity contribution in [2.75, 3.05) is 0 Å². The van der Waals surface area contributed by atoms with Crippen molar-refractivity contribution in [2.24, 2.45) is 0 Å². The molecule has 5 nitrogen and oxygen atoms in total. The Morgan fingerprint density at radius 2 is 1.92 bits per heavy atom. The van der Waals surface area contributed by atoms with Gasteiger partial charge in [-0.05, 0) is 35.9 Å². The first-order valence-electron chi connectivity index (χ1n) is 7.40. The lowest BCUT2D eigenvalue weighted by atomic mass is 10.2. The Kier molecular flexibility index (Phi) is 4.70. The van der Waals surface area contributed by atoms with Gasteiger partial charge in [-0.1, -0.05) is 62.7 Å². The maximum Gasteiger partial charge on any atom is 0.187 e. The van der Waals surface area contributed by atoms with Gasteiger partial charge in [0, 0.05) is 15.2 Å². The van der Waals surface area contributed by atoms with E-state index in [1.807, 2.05) is 36.4 Å². The molecular formula is C17H11BrClN5S. The SMILES string of the molecule is Clc1cccc(-n2nnc3c(SCc4ccc(Br)cc4)ncnc32)c1. The first-order chi connectivity index (χ1) is 12.2. The highest BCUT2D eigenvalue weighted by Crippen LogP contribution is 2.27. The van der Waals surface area contributed by atoms with Gasteiger partial charge in [0.25, 0.3) is 0 Å². The monoisotopic (exact) mass is 431 g/mol. The predicted octanol–water partition coefficient (Wildman–Crippen LogP) is 4.92. The fraction of sp³-hybridized carbons (Fsp3) is 0.0588. The Bertz CT molecular complexity index is 1030. The lowest BCUT2D eigenvalue weighted by molar-refractivity contribution is 0.817. The summed E-state index contributed by atoms with van der Waals surface area (Å²) in [6.07, 6.45) is 1.54. The van der Waals surface area contributed by atoms with Crippen LogP contribution in [0.3, 0.4) is 0 Å². The largest absolute Gasteiger partial charge is 0.227 e. The molecule has 2 aromatic heterocycles. The lowest BCUT2D eigenvalue weighted by Crippen LogP contribution is -1.98. The van der Waals surface area contributed by atoms with Gasteiger partial charge in [-0.2, -0.15) is 4.68 Å². The number of halogens is 2. The van der Waals surface area contributed by atoms with Gasteiger partial charge < -0.3 is 0 Å². The van der Waals surface area contributed by atoms with Crippen LogP contribution in [-0.2, 0) is 5.75 Å². The van der Waals surface area contributed by atoms with Gasteiger partial charge >= 0.3 is 0 Å². The van der Waals surface area contributed by atoms with Crippen molar-refractivity contribution in [1.82, 2.24) is 25.0 Å². The van der Waals surface area contributed by atoms with E-state index in [0.29, 0.717) is 16.2 Å². The number of aromatic nitrogens is 5. The molecular weight excluding hydrogens is 422 g/mol. The molecule has 0 unspecified atom stereocenters. The van der Waals surface area contributed by atoms with Gasteiger partial charge in [0.15, 0.2) is 11.2 Å². The van der Waals surface area contributed by atoms with Gasteiger partial charge in [-0.3, -0.25) is 0 Å². The van der Waals surface area contributed by atoms with Crippen LogP contribution >= 0.6 is 39.3 Å². The molecule has 0 fully saturated rings. The van der Waals surface area contributed by atoms with Gasteiger partial charge in [0.2, 0.25) is 0 Å². The first-order valence-corrected chi connectivity index (χ1v) is 9.56. The normalized spacial score (nSPS) is 11.1. The molecule has 0 atom stereocenters. The molecule has 0 spiro atoms. The molecule has 0 saturated carbocycles. The molecule has 2 aromatic carbocycles. The zero-order valence-corrected chi connectivity index (χ0v) is 16.0. The van der Waals surface area contributed by atoms with E-state index in [4.69, 9.17) is 11.6 Å². The summed E-state index contributed by atoms with van der Waals surface area (Å²) in [7, 11) is 0. The molecule has 0 aliphatic carbocycles. The molecule has 8 heteroatoms. The third-order valence-corrected chi connectivity index (χ3v) is 5.36. The third-order valence-electron chi connectivity index (χ3n) is 3.55. The van der Waals surface area contributed by atoms with E-state index < -0.39 is 0 Å². The van der Waals surface area contributed by atoms with Crippen molar-refractivity contribution in [2.45, 2.75) is 10.8 Å². The summed E-state index contributed by atoms with van der Waals surface area (Å²) < 4.78 is 2.74. The van der Waals surface area contributed by atoms with Crippen molar-refractivity contribution in [3.05, 3.63) is 69.9 Å². The fourth-order valence-electron chi connectivity index (χ4n) is 2.35. The number of thioether (sulfide) groups is 1. The van der Waals surface area contributed by atoms with E-state index in [1.54, 1.807) is 16.4 Å². The molecule has 0 N–H and O–H groups in total. The maximum absolute atomic E-state index is 6.07. The molecule has 124 valence electrons. The van der Waals surface area contributed by atoms with E-state index in [9.17, 15) is 0 Å². The Labute approximate surface area is 161 Å². The van der Waals surface area contributed by atoms with E-state index >= 15 is 0 Å². The number of hydrogen-bond donors (Lipinski definition) is 0. The molecule has 0 amide bonds. The number of hydrogen-bond acceptors (Lipinski definition) is 5. The molecule has 2 heterocycles. The highest BCUT2D eigenvalue weighted by atomic mass is 79.9. The van der Waals surface area contributed by atoms with Gasteiger partial charge in [-0.15, -0.1) is 5.10 Å². The summed E-state index contributed by atoms with van der Waals surface area (Å²) in [6.45, 7) is 0. The van der Waals surface area contributed by atoms with Gasteiger partial charge in [-0.25, -0.2) is 9.97 Å². The van der Waals surface area contributed by atoms with E-state index in [1.165, 1.54) is 11.9 Å². The quantitative estimate of drug-likeness (QED) is 0.338. The second-order valence-corrected chi connectivity index (χ2v) is 7.56. The molecule has 4 aromatic rings. The van der Waals surface area contributed by atoms with E-state index in [0.717, 1.165) is 20.9 Å². The van der Waals surface area contributed by atoms with Crippen LogP contribution in [0.1, 0.15) is 5.56 Å². The maximum atomic E-state index is 6.07. The third kappa shape index (κ3) is 3.53. The molecule has 0 radical (unpaired) electrons. The highest BCUT2D eigenvalue weighted by Gasteiger charge is 2.13. The Balaban J connectivity index is 1.66. The number of nitrogens with zero attached hydrogens (tertiary/aromatic N) is 5. The minimum absolute atomic E-state index is 0.639. The predicted molar refractivity (Wildman–Crippen MR) is 103 cm³/mol. The zero-order chi connectivity index (χ0) is 17.2. The summed E-state index contributed by atoms with van der Waals surface area (Å²) >= 11 is 11.1. The molecule has 0 aliphatic rings. The second-order valence-electron chi connectivity index (χ2n) is 5.25. The van der Waals surface area contributed by atoms with Crippen LogP contribution in [0.15, 0.2) is 64.4 Å². The molecule has 0 bridgehead atoms. The summed E-state index contributed by atoms with van der Waals surface area (Å²) in [6, 6.07) is 15.6. The van der Waals surface area contributed by atoms with Crippen LogP contribution in [0.5, 0.6) is 0 Å². The van der Waals surface area contributed by atoms with Crippen LogP contribution in [0.2, 0.25) is 5.02 Å². The number of benzene rings is 2. The lowest BCUT2D eigenvalue weighted by Gasteiger charge is -2.03. The van der Waals surface area contributed by atoms with Crippen molar-refractivity contribution in [3.8, 4) is 5.69 Å². The van der Waals surface area contributed by atoms with E-state index in [-0.39, 0.29) is 0 Å². The molecule has 25 heavy (non-hydrogen) atoms. The second kappa shape index (κ2) is 7.11. The molecule has 0 aliphatic heterocycles. The standard InChI is InChI=1S/C17H11BrClN5S/c18-12-6-4-11(5-7-12)9-25-17-15-16(20-10-21-17)24(23-22-15)14-3-1-2-13(19)8-14/h1-8,10H,9H2. The minimum atomic E-state index is 0.639. The van der Waals surface area contributed by atoms with Crippen molar-refractivity contribution in [3.63, 3.8) is 0 Å². The van der Waals surface area contributed by atoms with Gasteiger partial charge in [0.05, 0.1) is 5.69 Å². The Hall–Kier alpha value is -1.96. The summed E-state index contributed by atoms with van der Waals surface area (Å²) in [5, 5.41) is 9.93. The Morgan fingerprint density at radius 1 is 1.08 bits per heavy atom. The number of rotatable bonds is 4. The zero-order valence-electron chi connectivity index (χ0n) is 12.8. The fourth-order valence-corrected chi connectivity index (χ4v) is 3.68. The van der Waals surface area contributed by atoms with Crippen LogP contribution in [0.4, 0.5) is 0 Å². The molecule has 0 saturated heterocycles.